The quantitative estimate of drug-likeness (QED) is 0.520. The van der Waals surface area contributed by atoms with Crippen LogP contribution in [-0.4, -0.2) is 17.8 Å². The van der Waals surface area contributed by atoms with Gasteiger partial charge in [0.15, 0.2) is 0 Å². The molecule has 1 aliphatic carbocycles. The second kappa shape index (κ2) is 8.79. The monoisotopic (exact) mass is 259 g/mol. The first kappa shape index (κ1) is 14.8. The number of hydrogen-bond acceptors (Lipinski definition) is 1. The summed E-state index contributed by atoms with van der Waals surface area (Å²) in [6.07, 6.45) is 10.2. The number of amides is 1. The van der Waals surface area contributed by atoms with Crippen LogP contribution in [0.3, 0.4) is 0 Å². The Labute approximate surface area is 110 Å². The summed E-state index contributed by atoms with van der Waals surface area (Å²) in [5, 5.41) is 3.30. The zero-order valence-corrected chi connectivity index (χ0v) is 11.8. The largest absolute Gasteiger partial charge is 0.356 e. The molecule has 0 aromatic carbocycles. The summed E-state index contributed by atoms with van der Waals surface area (Å²) in [6.45, 7) is 2.98. The van der Waals surface area contributed by atoms with Crippen LogP contribution < -0.4 is 5.32 Å². The molecule has 17 heavy (non-hydrogen) atoms. The Balaban J connectivity index is 1.97. The zero-order chi connectivity index (χ0) is 12.5. The van der Waals surface area contributed by atoms with Gasteiger partial charge in [-0.3, -0.25) is 4.79 Å². The molecule has 0 saturated heterocycles. The van der Waals surface area contributed by atoms with E-state index in [4.69, 9.17) is 11.6 Å². The van der Waals surface area contributed by atoms with Gasteiger partial charge in [-0.25, -0.2) is 0 Å². The molecule has 0 aromatic rings. The molecule has 1 saturated carbocycles. The Morgan fingerprint density at radius 2 is 2.00 bits per heavy atom. The van der Waals surface area contributed by atoms with Gasteiger partial charge < -0.3 is 5.32 Å². The van der Waals surface area contributed by atoms with Gasteiger partial charge in [-0.1, -0.05) is 39.0 Å². The maximum atomic E-state index is 11.6. The van der Waals surface area contributed by atoms with Crippen molar-refractivity contribution >= 4 is 17.5 Å². The number of nitrogens with one attached hydrogen (secondary N) is 1. The summed E-state index contributed by atoms with van der Waals surface area (Å²) in [5.74, 6) is 0.706. The maximum absolute atomic E-state index is 11.6. The van der Waals surface area contributed by atoms with Crippen LogP contribution in [-0.2, 0) is 4.79 Å². The molecule has 3 heteroatoms. The highest BCUT2D eigenvalue weighted by Gasteiger charge is 2.25. The fourth-order valence-electron chi connectivity index (χ4n) is 2.44. The molecule has 0 aromatic heterocycles. The predicted molar refractivity (Wildman–Crippen MR) is 73.4 cm³/mol. The molecule has 0 spiro atoms. The number of hydrogen-bond donors (Lipinski definition) is 1. The van der Waals surface area contributed by atoms with Gasteiger partial charge in [-0.05, 0) is 25.2 Å². The normalized spacial score (nSPS) is 23.9. The third-order valence-electron chi connectivity index (χ3n) is 3.64. The molecule has 0 radical (unpaired) electrons. The Kier molecular flexibility index (Phi) is 7.67. The highest BCUT2D eigenvalue weighted by Crippen LogP contribution is 2.29. The van der Waals surface area contributed by atoms with Crippen LogP contribution in [0.5, 0.6) is 0 Å². The number of unbranched alkanes of at least 4 members (excludes halogenated alkanes) is 4. The van der Waals surface area contributed by atoms with Gasteiger partial charge in [-0.2, -0.15) is 0 Å². The van der Waals surface area contributed by atoms with Gasteiger partial charge in [0, 0.05) is 18.3 Å². The van der Waals surface area contributed by atoms with Crippen molar-refractivity contribution in [2.75, 3.05) is 6.54 Å². The predicted octanol–water partition coefficient (Wildman–Crippen LogP) is 3.87. The fraction of sp³-hybridized carbons (Fsp3) is 0.929. The van der Waals surface area contributed by atoms with Crippen molar-refractivity contribution in [3.8, 4) is 0 Å². The van der Waals surface area contributed by atoms with Gasteiger partial charge >= 0.3 is 0 Å². The summed E-state index contributed by atoms with van der Waals surface area (Å²) >= 11 is 6.17. The summed E-state index contributed by atoms with van der Waals surface area (Å²) in [6, 6.07) is 0. The van der Waals surface area contributed by atoms with E-state index in [0.29, 0.717) is 12.3 Å². The molecular weight excluding hydrogens is 234 g/mol. The average Bonchev–Trinajstić information content (AvgIpc) is 2.72. The lowest BCUT2D eigenvalue weighted by Gasteiger charge is -2.14. The van der Waals surface area contributed by atoms with E-state index in [0.717, 1.165) is 19.4 Å². The SMILES string of the molecule is CCCCCCCC(=O)NCC1CCCC1Cl. The van der Waals surface area contributed by atoms with Crippen molar-refractivity contribution < 1.29 is 4.79 Å². The van der Waals surface area contributed by atoms with Crippen LogP contribution in [0.25, 0.3) is 0 Å². The lowest BCUT2D eigenvalue weighted by molar-refractivity contribution is -0.121. The highest BCUT2D eigenvalue weighted by atomic mass is 35.5. The van der Waals surface area contributed by atoms with Gasteiger partial charge in [0.1, 0.15) is 0 Å². The first-order valence-electron chi connectivity index (χ1n) is 7.14. The van der Waals surface area contributed by atoms with Crippen LogP contribution in [0.4, 0.5) is 0 Å². The minimum atomic E-state index is 0.206. The highest BCUT2D eigenvalue weighted by molar-refractivity contribution is 6.20. The number of carbonyl (C=O) groups excluding carboxylic acids is 1. The van der Waals surface area contributed by atoms with Crippen LogP contribution in [0, 0.1) is 5.92 Å². The molecule has 0 bridgehead atoms. The molecule has 100 valence electrons. The molecule has 1 N–H and O–H groups in total. The molecule has 1 aliphatic rings. The van der Waals surface area contributed by atoms with Crippen LogP contribution in [0.1, 0.15) is 64.7 Å². The molecule has 1 amide bonds. The van der Waals surface area contributed by atoms with E-state index in [1.54, 1.807) is 0 Å². The minimum Gasteiger partial charge on any atom is -0.356 e. The molecule has 1 rings (SSSR count). The lowest BCUT2D eigenvalue weighted by Crippen LogP contribution is -2.30. The van der Waals surface area contributed by atoms with Crippen molar-refractivity contribution in [1.82, 2.24) is 5.32 Å². The van der Waals surface area contributed by atoms with Crippen molar-refractivity contribution in [2.45, 2.75) is 70.1 Å². The molecule has 0 aliphatic heterocycles. The van der Waals surface area contributed by atoms with Crippen molar-refractivity contribution in [1.29, 1.82) is 0 Å². The van der Waals surface area contributed by atoms with E-state index < -0.39 is 0 Å². The smallest absolute Gasteiger partial charge is 0.220 e. The van der Waals surface area contributed by atoms with Crippen molar-refractivity contribution in [3.63, 3.8) is 0 Å². The Hall–Kier alpha value is -0.240. The molecule has 0 heterocycles. The first-order chi connectivity index (χ1) is 8.24. The topological polar surface area (TPSA) is 29.1 Å². The van der Waals surface area contributed by atoms with E-state index in [1.807, 2.05) is 0 Å². The molecule has 2 unspecified atom stereocenters. The lowest BCUT2D eigenvalue weighted by atomic mass is 10.1. The molecular formula is C14H26ClNO. The second-order valence-electron chi connectivity index (χ2n) is 5.18. The van der Waals surface area contributed by atoms with Crippen LogP contribution in [0.15, 0.2) is 0 Å². The standard InChI is InChI=1S/C14H26ClNO/c1-2-3-4-5-6-10-14(17)16-11-12-8-7-9-13(12)15/h12-13H,2-11H2,1H3,(H,16,17). The number of halogens is 1. The summed E-state index contributed by atoms with van der Waals surface area (Å²) in [5.41, 5.74) is 0. The number of rotatable bonds is 8. The van der Waals surface area contributed by atoms with Gasteiger partial charge in [-0.15, -0.1) is 11.6 Å². The van der Waals surface area contributed by atoms with Gasteiger partial charge in [0.05, 0.1) is 0 Å². The third kappa shape index (κ3) is 6.30. The third-order valence-corrected chi connectivity index (χ3v) is 4.21. The second-order valence-corrected chi connectivity index (χ2v) is 5.74. The molecule has 2 nitrogen and oxygen atoms in total. The minimum absolute atomic E-state index is 0.206. The van der Waals surface area contributed by atoms with Gasteiger partial charge in [0.25, 0.3) is 0 Å². The summed E-state index contributed by atoms with van der Waals surface area (Å²) < 4.78 is 0. The summed E-state index contributed by atoms with van der Waals surface area (Å²) in [7, 11) is 0. The number of carbonyl (C=O) groups is 1. The maximum Gasteiger partial charge on any atom is 0.220 e. The van der Waals surface area contributed by atoms with Crippen molar-refractivity contribution in [3.05, 3.63) is 0 Å². The molecule has 2 atom stereocenters. The van der Waals surface area contributed by atoms with E-state index in [-0.39, 0.29) is 11.3 Å². The van der Waals surface area contributed by atoms with E-state index in [1.165, 1.54) is 38.5 Å². The molecule has 1 fully saturated rings. The first-order valence-corrected chi connectivity index (χ1v) is 7.58. The van der Waals surface area contributed by atoms with E-state index in [2.05, 4.69) is 12.2 Å². The Morgan fingerprint density at radius 1 is 1.24 bits per heavy atom. The van der Waals surface area contributed by atoms with Crippen LogP contribution >= 0.6 is 11.6 Å². The summed E-state index contributed by atoms with van der Waals surface area (Å²) in [4.78, 5) is 11.6. The average molecular weight is 260 g/mol. The van der Waals surface area contributed by atoms with Crippen LogP contribution in [0.2, 0.25) is 0 Å². The fourth-order valence-corrected chi connectivity index (χ4v) is 2.81. The Morgan fingerprint density at radius 3 is 2.65 bits per heavy atom. The van der Waals surface area contributed by atoms with E-state index in [9.17, 15) is 4.79 Å². The zero-order valence-electron chi connectivity index (χ0n) is 11.0. The Bertz CT molecular complexity index is 220. The number of alkyl halides is 1. The van der Waals surface area contributed by atoms with Gasteiger partial charge in [0.2, 0.25) is 5.91 Å². The van der Waals surface area contributed by atoms with E-state index >= 15 is 0 Å². The van der Waals surface area contributed by atoms with Crippen molar-refractivity contribution in [2.24, 2.45) is 5.92 Å².